The Morgan fingerprint density at radius 1 is 1.43 bits per heavy atom. The molecular weight excluding hydrogens is 268 g/mol. The Kier molecular flexibility index (Phi) is 2.44. The van der Waals surface area contributed by atoms with Crippen molar-refractivity contribution in [2.75, 3.05) is 13.6 Å². The number of nitrogens with one attached hydrogen (secondary N) is 1. The highest BCUT2D eigenvalue weighted by Crippen LogP contribution is 2.43. The van der Waals surface area contributed by atoms with Crippen LogP contribution in [0, 0.1) is 5.92 Å². The average molecular weight is 284 g/mol. The molecule has 5 heteroatoms. The number of carboxylic acid groups (broad SMARTS) is 1. The van der Waals surface area contributed by atoms with E-state index < -0.39 is 11.9 Å². The van der Waals surface area contributed by atoms with Crippen LogP contribution in [-0.4, -0.2) is 45.7 Å². The van der Waals surface area contributed by atoms with Gasteiger partial charge < -0.3 is 15.2 Å². The number of carboxylic acids is 1. The predicted octanol–water partition coefficient (Wildman–Crippen LogP) is 1.83. The Morgan fingerprint density at radius 2 is 2.24 bits per heavy atom. The van der Waals surface area contributed by atoms with Crippen LogP contribution in [0.2, 0.25) is 0 Å². The minimum absolute atomic E-state index is 0.125. The van der Waals surface area contributed by atoms with E-state index in [1.807, 2.05) is 31.3 Å². The lowest BCUT2D eigenvalue weighted by atomic mass is 9.80. The van der Waals surface area contributed by atoms with Crippen molar-refractivity contribution in [2.45, 2.75) is 12.5 Å². The minimum Gasteiger partial charge on any atom is -0.494 e. The zero-order valence-electron chi connectivity index (χ0n) is 11.6. The first-order valence-electron chi connectivity index (χ1n) is 7.04. The number of likely N-dealkylation sites (N-methyl/N-ethyl adjacent to an activating group) is 1. The fourth-order valence-electron chi connectivity index (χ4n) is 3.68. The molecule has 2 atom stereocenters. The highest BCUT2D eigenvalue weighted by Gasteiger charge is 2.36. The molecule has 1 aliphatic heterocycles. The van der Waals surface area contributed by atoms with Crippen molar-refractivity contribution < 1.29 is 15.0 Å². The fourth-order valence-corrected chi connectivity index (χ4v) is 3.68. The Bertz CT molecular complexity index is 790. The monoisotopic (exact) mass is 284 g/mol. The van der Waals surface area contributed by atoms with Crippen LogP contribution >= 0.6 is 0 Å². The second kappa shape index (κ2) is 4.11. The van der Waals surface area contributed by atoms with Crippen LogP contribution < -0.4 is 0 Å². The van der Waals surface area contributed by atoms with Gasteiger partial charge in [-0.05, 0) is 30.7 Å². The molecule has 1 aromatic heterocycles. The van der Waals surface area contributed by atoms with E-state index in [2.05, 4.69) is 9.88 Å². The van der Waals surface area contributed by atoms with E-state index in [-0.39, 0.29) is 11.9 Å². The van der Waals surface area contributed by atoms with Gasteiger partial charge in [-0.1, -0.05) is 18.2 Å². The summed E-state index contributed by atoms with van der Waals surface area (Å²) in [5, 5.41) is 20.5. The molecule has 2 aromatic rings. The van der Waals surface area contributed by atoms with Gasteiger partial charge in [0.2, 0.25) is 0 Å². The summed E-state index contributed by atoms with van der Waals surface area (Å²) in [5.41, 5.74) is 3.93. The van der Waals surface area contributed by atoms with Crippen molar-refractivity contribution in [3.63, 3.8) is 0 Å². The number of benzene rings is 1. The zero-order chi connectivity index (χ0) is 14.7. The summed E-state index contributed by atoms with van der Waals surface area (Å²) < 4.78 is 0. The Labute approximate surface area is 121 Å². The maximum Gasteiger partial charge on any atom is 0.311 e. The van der Waals surface area contributed by atoms with Gasteiger partial charge in [0.25, 0.3) is 0 Å². The van der Waals surface area contributed by atoms with Crippen molar-refractivity contribution in [3.8, 4) is 5.88 Å². The zero-order valence-corrected chi connectivity index (χ0v) is 11.6. The van der Waals surface area contributed by atoms with Crippen LogP contribution in [0.25, 0.3) is 16.5 Å². The molecule has 4 rings (SSSR count). The van der Waals surface area contributed by atoms with Crippen molar-refractivity contribution in [2.24, 2.45) is 5.92 Å². The molecule has 3 N–H and O–H groups in total. The third-order valence-electron chi connectivity index (χ3n) is 4.69. The van der Waals surface area contributed by atoms with Gasteiger partial charge in [0.1, 0.15) is 0 Å². The lowest BCUT2D eigenvalue weighted by Gasteiger charge is -2.38. The molecule has 21 heavy (non-hydrogen) atoms. The van der Waals surface area contributed by atoms with Gasteiger partial charge in [0, 0.05) is 29.1 Å². The maximum absolute atomic E-state index is 11.3. The summed E-state index contributed by atoms with van der Waals surface area (Å²) in [6.07, 6.45) is 2.59. The van der Waals surface area contributed by atoms with Gasteiger partial charge in [-0.15, -0.1) is 0 Å². The highest BCUT2D eigenvalue weighted by molar-refractivity contribution is 6.00. The second-order valence-corrected chi connectivity index (χ2v) is 5.91. The first-order valence-corrected chi connectivity index (χ1v) is 7.04. The van der Waals surface area contributed by atoms with Crippen LogP contribution in [0.3, 0.4) is 0 Å². The van der Waals surface area contributed by atoms with Crippen LogP contribution in [0.5, 0.6) is 5.88 Å². The maximum atomic E-state index is 11.3. The predicted molar refractivity (Wildman–Crippen MR) is 79.2 cm³/mol. The van der Waals surface area contributed by atoms with Gasteiger partial charge in [-0.25, -0.2) is 0 Å². The van der Waals surface area contributed by atoms with Crippen molar-refractivity contribution in [1.82, 2.24) is 9.88 Å². The topological polar surface area (TPSA) is 76.6 Å². The minimum atomic E-state index is -0.789. The number of rotatable bonds is 1. The van der Waals surface area contributed by atoms with Gasteiger partial charge in [-0.2, -0.15) is 0 Å². The highest BCUT2D eigenvalue weighted by atomic mass is 16.4. The van der Waals surface area contributed by atoms with Crippen LogP contribution in [0.15, 0.2) is 24.3 Å². The number of aromatic hydroxyl groups is 1. The third kappa shape index (κ3) is 1.64. The molecule has 0 fully saturated rings. The molecule has 108 valence electrons. The molecule has 0 saturated carbocycles. The lowest BCUT2D eigenvalue weighted by Crippen LogP contribution is -2.44. The fraction of sp³-hybridized carbons (Fsp3) is 0.312. The summed E-state index contributed by atoms with van der Waals surface area (Å²) in [7, 11) is 1.95. The number of hydrogen-bond acceptors (Lipinski definition) is 3. The first-order chi connectivity index (χ1) is 10.1. The van der Waals surface area contributed by atoms with Crippen LogP contribution in [0.1, 0.15) is 11.1 Å². The molecule has 2 aliphatic rings. The molecule has 0 amide bonds. The van der Waals surface area contributed by atoms with Crippen molar-refractivity contribution in [1.29, 1.82) is 0 Å². The summed E-state index contributed by atoms with van der Waals surface area (Å²) >= 11 is 0. The van der Waals surface area contributed by atoms with E-state index in [1.54, 1.807) is 0 Å². The van der Waals surface area contributed by atoms with Gasteiger partial charge >= 0.3 is 5.97 Å². The molecule has 0 spiro atoms. The van der Waals surface area contributed by atoms with Crippen LogP contribution in [-0.2, 0) is 11.2 Å². The quantitative estimate of drug-likeness (QED) is 0.746. The average Bonchev–Trinajstić information content (AvgIpc) is 2.77. The number of H-pyrrole nitrogens is 1. The molecule has 0 radical (unpaired) electrons. The summed E-state index contributed by atoms with van der Waals surface area (Å²) in [6, 6.07) is 6.00. The number of nitrogens with zero attached hydrogens (tertiary/aromatic N) is 1. The van der Waals surface area contributed by atoms with E-state index >= 15 is 0 Å². The molecule has 1 aliphatic carbocycles. The van der Waals surface area contributed by atoms with Gasteiger partial charge in [0.05, 0.1) is 5.92 Å². The third-order valence-corrected chi connectivity index (χ3v) is 4.69. The number of aliphatic carboxylic acids is 1. The molecule has 0 saturated heterocycles. The van der Waals surface area contributed by atoms with E-state index in [0.29, 0.717) is 13.0 Å². The largest absolute Gasteiger partial charge is 0.494 e. The van der Waals surface area contributed by atoms with Gasteiger partial charge in [0.15, 0.2) is 5.88 Å². The normalized spacial score (nSPS) is 24.7. The van der Waals surface area contributed by atoms with E-state index in [1.165, 1.54) is 0 Å². The van der Waals surface area contributed by atoms with E-state index in [0.717, 1.165) is 27.6 Å². The summed E-state index contributed by atoms with van der Waals surface area (Å²) in [6.45, 7) is 0.500. The van der Waals surface area contributed by atoms with Crippen molar-refractivity contribution in [3.05, 3.63) is 35.4 Å². The molecule has 5 nitrogen and oxygen atoms in total. The first kappa shape index (κ1) is 12.5. The Morgan fingerprint density at radius 3 is 3.00 bits per heavy atom. The number of fused-ring (bicyclic) bond motifs is 2. The molecule has 1 aromatic carbocycles. The van der Waals surface area contributed by atoms with E-state index in [4.69, 9.17) is 0 Å². The van der Waals surface area contributed by atoms with E-state index in [9.17, 15) is 15.0 Å². The Hall–Kier alpha value is -2.27. The van der Waals surface area contributed by atoms with Gasteiger partial charge in [-0.3, -0.25) is 9.69 Å². The molecule has 0 bridgehead atoms. The molecule has 2 heterocycles. The number of aromatic nitrogens is 1. The molecular formula is C16H16N2O3. The van der Waals surface area contributed by atoms with Crippen LogP contribution in [0.4, 0.5) is 0 Å². The SMILES string of the molecule is CN1C[C@@H](C(=O)O)C=C2c3cccc4[nH]c(O)c(c34)C[C@H]21. The number of carbonyl (C=O) groups is 1. The second-order valence-electron chi connectivity index (χ2n) is 5.91. The summed E-state index contributed by atoms with van der Waals surface area (Å²) in [4.78, 5) is 16.4. The Balaban J connectivity index is 1.99. The standard InChI is InChI=1S/C16H16N2O3/c1-18-7-8(16(20)21)5-10-9-3-2-4-12-14(9)11(6-13(10)18)15(19)17-12/h2-5,8,13,17,19H,6-7H2,1H3,(H,20,21)/t8-,13+/m0/s1. The van der Waals surface area contributed by atoms with Crippen molar-refractivity contribution >= 4 is 22.4 Å². The number of hydrogen-bond donors (Lipinski definition) is 3. The smallest absolute Gasteiger partial charge is 0.311 e. The summed E-state index contributed by atoms with van der Waals surface area (Å²) in [5.74, 6) is -1.04. The lowest BCUT2D eigenvalue weighted by molar-refractivity contribution is -0.140. The molecule has 0 unspecified atom stereocenters. The number of aromatic amines is 1.